The van der Waals surface area contributed by atoms with Crippen molar-refractivity contribution in [3.05, 3.63) is 29.3 Å². The number of nitrogens with two attached hydrogens (primary N) is 1. The summed E-state index contributed by atoms with van der Waals surface area (Å²) in [5.74, 6) is -0.290. The van der Waals surface area contributed by atoms with E-state index in [1.165, 1.54) is 0 Å². The van der Waals surface area contributed by atoms with E-state index >= 15 is 0 Å². The van der Waals surface area contributed by atoms with Gasteiger partial charge in [-0.1, -0.05) is 25.3 Å². The number of nitrogens with one attached hydrogen (secondary N) is 2. The number of carbonyl (C=O) groups is 2. The summed E-state index contributed by atoms with van der Waals surface area (Å²) in [4.78, 5) is 24.4. The number of carbonyl (C=O) groups excluding carboxylic acids is 2. The molecular weight excluding hydrogens is 314 g/mol. The molecule has 2 rings (SSSR count). The molecule has 6 heteroatoms. The standard InChI is InChI=1S/C17H25N3O2.ClH/c1-3-19-15(21)13-8-7-12(2)14(11-13)20-16(22)17(18)9-5-4-6-10-17;/h7-8,11H,3-6,9-10,18H2,1-2H3,(H,19,21)(H,20,22);1H. The molecule has 0 unspecified atom stereocenters. The van der Waals surface area contributed by atoms with Gasteiger partial charge >= 0.3 is 0 Å². The van der Waals surface area contributed by atoms with E-state index in [2.05, 4.69) is 10.6 Å². The van der Waals surface area contributed by atoms with E-state index in [-0.39, 0.29) is 24.2 Å². The highest BCUT2D eigenvalue weighted by atomic mass is 35.5. The third-order valence-corrected chi connectivity index (χ3v) is 4.28. The van der Waals surface area contributed by atoms with Crippen LogP contribution >= 0.6 is 12.4 Å². The zero-order valence-corrected chi connectivity index (χ0v) is 14.6. The highest BCUT2D eigenvalue weighted by Crippen LogP contribution is 2.28. The van der Waals surface area contributed by atoms with Crippen molar-refractivity contribution >= 4 is 29.9 Å². The lowest BCUT2D eigenvalue weighted by Crippen LogP contribution is -2.52. The van der Waals surface area contributed by atoms with Gasteiger partial charge in [0.05, 0.1) is 5.54 Å². The summed E-state index contributed by atoms with van der Waals surface area (Å²) in [6.45, 7) is 4.34. The Morgan fingerprint density at radius 1 is 1.22 bits per heavy atom. The summed E-state index contributed by atoms with van der Waals surface area (Å²) in [5, 5.41) is 5.67. The van der Waals surface area contributed by atoms with Crippen molar-refractivity contribution in [1.82, 2.24) is 5.32 Å². The van der Waals surface area contributed by atoms with Crippen LogP contribution in [0.4, 0.5) is 5.69 Å². The van der Waals surface area contributed by atoms with Crippen molar-refractivity contribution in [1.29, 1.82) is 0 Å². The number of amides is 2. The van der Waals surface area contributed by atoms with Gasteiger partial charge in [0, 0.05) is 17.8 Å². The number of halogens is 1. The fourth-order valence-electron chi connectivity index (χ4n) is 2.82. The van der Waals surface area contributed by atoms with Gasteiger partial charge in [-0.2, -0.15) is 0 Å². The smallest absolute Gasteiger partial charge is 0.251 e. The van der Waals surface area contributed by atoms with Gasteiger partial charge in [0.1, 0.15) is 0 Å². The summed E-state index contributed by atoms with van der Waals surface area (Å²) in [5.41, 5.74) is 7.58. The largest absolute Gasteiger partial charge is 0.352 e. The van der Waals surface area contributed by atoms with Crippen LogP contribution in [0, 0.1) is 6.92 Å². The molecule has 128 valence electrons. The van der Waals surface area contributed by atoms with Gasteiger partial charge in [-0.05, 0) is 44.4 Å². The van der Waals surface area contributed by atoms with E-state index in [0.29, 0.717) is 30.6 Å². The Kier molecular flexibility index (Phi) is 7.03. The first kappa shape index (κ1) is 19.5. The Labute approximate surface area is 143 Å². The predicted octanol–water partition coefficient (Wildman–Crippen LogP) is 2.77. The SMILES string of the molecule is CCNC(=O)c1ccc(C)c(NC(=O)C2(N)CCCCC2)c1.Cl. The molecule has 1 saturated carbocycles. The zero-order chi connectivity index (χ0) is 16.2. The van der Waals surface area contributed by atoms with Gasteiger partial charge < -0.3 is 16.4 Å². The van der Waals surface area contributed by atoms with Gasteiger partial charge in [-0.25, -0.2) is 0 Å². The van der Waals surface area contributed by atoms with Crippen molar-refractivity contribution in [2.45, 2.75) is 51.5 Å². The summed E-state index contributed by atoms with van der Waals surface area (Å²) in [6.07, 6.45) is 4.55. The maximum absolute atomic E-state index is 12.5. The Hall–Kier alpha value is -1.59. The van der Waals surface area contributed by atoms with Crippen molar-refractivity contribution < 1.29 is 9.59 Å². The summed E-state index contributed by atoms with van der Waals surface area (Å²) < 4.78 is 0. The quantitative estimate of drug-likeness (QED) is 0.788. The monoisotopic (exact) mass is 339 g/mol. The minimum Gasteiger partial charge on any atom is -0.352 e. The second-order valence-electron chi connectivity index (χ2n) is 6.06. The lowest BCUT2D eigenvalue weighted by atomic mass is 9.82. The highest BCUT2D eigenvalue weighted by molar-refractivity contribution is 6.00. The van der Waals surface area contributed by atoms with Crippen LogP contribution in [0.2, 0.25) is 0 Å². The summed E-state index contributed by atoms with van der Waals surface area (Å²) in [7, 11) is 0. The minimum atomic E-state index is -0.785. The predicted molar refractivity (Wildman–Crippen MR) is 95.1 cm³/mol. The molecule has 0 aliphatic heterocycles. The third kappa shape index (κ3) is 4.69. The number of aryl methyl sites for hydroxylation is 1. The van der Waals surface area contributed by atoms with Crippen LogP contribution in [-0.4, -0.2) is 23.9 Å². The Balaban J connectivity index is 0.00000264. The van der Waals surface area contributed by atoms with Gasteiger partial charge in [0.2, 0.25) is 5.91 Å². The molecular formula is C17H26ClN3O2. The third-order valence-electron chi connectivity index (χ3n) is 4.28. The highest BCUT2D eigenvalue weighted by Gasteiger charge is 2.35. The van der Waals surface area contributed by atoms with Crippen molar-refractivity contribution in [3.8, 4) is 0 Å². The van der Waals surface area contributed by atoms with E-state index in [4.69, 9.17) is 5.73 Å². The average molecular weight is 340 g/mol. The molecule has 1 aliphatic carbocycles. The Morgan fingerprint density at radius 2 is 1.87 bits per heavy atom. The van der Waals surface area contributed by atoms with Gasteiger partial charge in [0.25, 0.3) is 5.91 Å². The van der Waals surface area contributed by atoms with Crippen LogP contribution in [0.25, 0.3) is 0 Å². The summed E-state index contributed by atoms with van der Waals surface area (Å²) in [6, 6.07) is 5.31. The molecule has 0 bridgehead atoms. The van der Waals surface area contributed by atoms with Crippen LogP contribution in [0.3, 0.4) is 0 Å². The van der Waals surface area contributed by atoms with E-state index in [9.17, 15) is 9.59 Å². The average Bonchev–Trinajstić information content (AvgIpc) is 2.50. The van der Waals surface area contributed by atoms with Gasteiger partial charge in [0.15, 0.2) is 0 Å². The molecule has 1 fully saturated rings. The van der Waals surface area contributed by atoms with Crippen LogP contribution in [0.15, 0.2) is 18.2 Å². The maximum Gasteiger partial charge on any atom is 0.251 e. The molecule has 0 atom stereocenters. The molecule has 0 aromatic heterocycles. The van der Waals surface area contributed by atoms with Crippen LogP contribution < -0.4 is 16.4 Å². The maximum atomic E-state index is 12.5. The van der Waals surface area contributed by atoms with Crippen LogP contribution in [0.5, 0.6) is 0 Å². The summed E-state index contributed by atoms with van der Waals surface area (Å²) >= 11 is 0. The number of hydrogen-bond acceptors (Lipinski definition) is 3. The minimum absolute atomic E-state index is 0. The van der Waals surface area contributed by atoms with Gasteiger partial charge in [-0.15, -0.1) is 12.4 Å². The number of anilines is 1. The normalized spacial score (nSPS) is 16.1. The molecule has 0 heterocycles. The topological polar surface area (TPSA) is 84.2 Å². The van der Waals surface area contributed by atoms with Crippen molar-refractivity contribution in [2.75, 3.05) is 11.9 Å². The number of benzene rings is 1. The molecule has 1 aromatic rings. The molecule has 0 saturated heterocycles. The molecule has 5 nitrogen and oxygen atoms in total. The first-order valence-electron chi connectivity index (χ1n) is 7.95. The molecule has 4 N–H and O–H groups in total. The lowest BCUT2D eigenvalue weighted by Gasteiger charge is -2.32. The molecule has 1 aromatic carbocycles. The number of hydrogen-bond donors (Lipinski definition) is 3. The Morgan fingerprint density at radius 3 is 2.48 bits per heavy atom. The first-order chi connectivity index (χ1) is 10.5. The molecule has 2 amide bonds. The van der Waals surface area contributed by atoms with E-state index in [1.54, 1.807) is 12.1 Å². The second kappa shape index (κ2) is 8.31. The fraction of sp³-hybridized carbons (Fsp3) is 0.529. The van der Waals surface area contributed by atoms with Crippen molar-refractivity contribution in [2.24, 2.45) is 5.73 Å². The first-order valence-corrected chi connectivity index (χ1v) is 7.95. The molecule has 0 radical (unpaired) electrons. The van der Waals surface area contributed by atoms with Gasteiger partial charge in [-0.3, -0.25) is 9.59 Å². The molecule has 1 aliphatic rings. The van der Waals surface area contributed by atoms with E-state index in [0.717, 1.165) is 24.8 Å². The zero-order valence-electron chi connectivity index (χ0n) is 13.8. The van der Waals surface area contributed by atoms with E-state index < -0.39 is 5.54 Å². The Bertz CT molecular complexity index is 569. The van der Waals surface area contributed by atoms with E-state index in [1.807, 2.05) is 19.9 Å². The van der Waals surface area contributed by atoms with Crippen LogP contribution in [0.1, 0.15) is 54.9 Å². The van der Waals surface area contributed by atoms with Crippen LogP contribution in [-0.2, 0) is 4.79 Å². The van der Waals surface area contributed by atoms with Crippen molar-refractivity contribution in [3.63, 3.8) is 0 Å². The number of rotatable bonds is 4. The second-order valence-corrected chi connectivity index (χ2v) is 6.06. The lowest BCUT2D eigenvalue weighted by molar-refractivity contribution is -0.122. The molecule has 0 spiro atoms. The molecule has 23 heavy (non-hydrogen) atoms. The fourth-order valence-corrected chi connectivity index (χ4v) is 2.82.